The van der Waals surface area contributed by atoms with Crippen LogP contribution in [0.25, 0.3) is 0 Å². The van der Waals surface area contributed by atoms with Gasteiger partial charge < -0.3 is 11.1 Å². The van der Waals surface area contributed by atoms with Crippen LogP contribution in [0.15, 0.2) is 30.3 Å². The summed E-state index contributed by atoms with van der Waals surface area (Å²) in [5.41, 5.74) is 7.00. The molecule has 2 rings (SSSR count). The van der Waals surface area contributed by atoms with Crippen molar-refractivity contribution in [3.8, 4) is 0 Å². The third kappa shape index (κ3) is 6.58. The van der Waals surface area contributed by atoms with Crippen molar-refractivity contribution in [1.82, 2.24) is 9.62 Å². The summed E-state index contributed by atoms with van der Waals surface area (Å²) in [5, 5.41) is 2.98. The number of hydrogen-bond acceptors (Lipinski definition) is 4. The van der Waals surface area contributed by atoms with Crippen LogP contribution in [-0.2, 0) is 14.8 Å². The average Bonchev–Trinajstić information content (AvgIpc) is 2.56. The van der Waals surface area contributed by atoms with E-state index >= 15 is 0 Å². The standard InChI is InChI=1S/C17H27N3O3S.ClH/c1-2-12-24(22,23)20-10-8-15(9-11-20)19-17(21)13-16(18)14-6-4-3-5-7-14;/h3-7,15-16H,2,8-13,18H2,1H3,(H,19,21);1H. The number of amides is 1. The topological polar surface area (TPSA) is 92.5 Å². The third-order valence-electron chi connectivity index (χ3n) is 4.31. The highest BCUT2D eigenvalue weighted by Crippen LogP contribution is 2.17. The predicted molar refractivity (Wildman–Crippen MR) is 102 cm³/mol. The number of nitrogens with one attached hydrogen (secondary N) is 1. The van der Waals surface area contributed by atoms with Crippen LogP contribution in [0.3, 0.4) is 0 Å². The highest BCUT2D eigenvalue weighted by Gasteiger charge is 2.28. The van der Waals surface area contributed by atoms with E-state index in [0.29, 0.717) is 32.4 Å². The van der Waals surface area contributed by atoms with Gasteiger partial charge in [0.25, 0.3) is 0 Å². The number of sulfonamides is 1. The summed E-state index contributed by atoms with van der Waals surface area (Å²) in [4.78, 5) is 12.2. The van der Waals surface area contributed by atoms with Crippen LogP contribution in [0.1, 0.15) is 44.2 Å². The Balaban J connectivity index is 0.00000312. The number of nitrogens with two attached hydrogens (primary N) is 1. The second-order valence-corrected chi connectivity index (χ2v) is 8.37. The summed E-state index contributed by atoms with van der Waals surface area (Å²) in [5.74, 6) is 0.108. The molecule has 8 heteroatoms. The molecule has 0 saturated carbocycles. The molecule has 6 nitrogen and oxygen atoms in total. The lowest BCUT2D eigenvalue weighted by atomic mass is 10.0. The van der Waals surface area contributed by atoms with Gasteiger partial charge in [-0.25, -0.2) is 12.7 Å². The normalized spacial score (nSPS) is 17.5. The zero-order chi connectivity index (χ0) is 17.6. The van der Waals surface area contributed by atoms with Crippen molar-refractivity contribution in [2.75, 3.05) is 18.8 Å². The number of nitrogens with zero attached hydrogens (tertiary/aromatic N) is 1. The molecule has 0 spiro atoms. The zero-order valence-corrected chi connectivity index (χ0v) is 16.2. The molecular weight excluding hydrogens is 362 g/mol. The van der Waals surface area contributed by atoms with Gasteiger partial charge in [0, 0.05) is 31.6 Å². The highest BCUT2D eigenvalue weighted by atomic mass is 35.5. The first kappa shape index (κ1) is 21.9. The minimum atomic E-state index is -3.14. The van der Waals surface area contributed by atoms with Crippen molar-refractivity contribution in [2.45, 2.75) is 44.7 Å². The molecule has 1 unspecified atom stereocenters. The molecule has 0 bridgehead atoms. The summed E-state index contributed by atoms with van der Waals surface area (Å²) in [7, 11) is -3.14. The summed E-state index contributed by atoms with van der Waals surface area (Å²) < 4.78 is 25.6. The first-order chi connectivity index (χ1) is 11.4. The second kappa shape index (κ2) is 10.1. The number of hydrogen-bond donors (Lipinski definition) is 2. The number of benzene rings is 1. The number of carbonyl (C=O) groups is 1. The molecule has 1 aliphatic rings. The maximum atomic E-state index is 12.2. The molecule has 1 aromatic carbocycles. The van der Waals surface area contributed by atoms with E-state index in [9.17, 15) is 13.2 Å². The van der Waals surface area contributed by atoms with E-state index < -0.39 is 10.0 Å². The Hall–Kier alpha value is -1.15. The second-order valence-electron chi connectivity index (χ2n) is 6.28. The van der Waals surface area contributed by atoms with E-state index in [0.717, 1.165) is 5.56 Å². The van der Waals surface area contributed by atoms with Gasteiger partial charge in [0.15, 0.2) is 0 Å². The Kier molecular flexibility index (Phi) is 8.85. The Labute approximate surface area is 156 Å². The van der Waals surface area contributed by atoms with Crippen LogP contribution in [-0.4, -0.2) is 43.5 Å². The zero-order valence-electron chi connectivity index (χ0n) is 14.6. The molecule has 0 radical (unpaired) electrons. The predicted octanol–water partition coefficient (Wildman–Crippen LogP) is 1.82. The van der Waals surface area contributed by atoms with Gasteiger partial charge in [0.2, 0.25) is 15.9 Å². The van der Waals surface area contributed by atoms with E-state index in [1.165, 1.54) is 4.31 Å². The van der Waals surface area contributed by atoms with Crippen LogP contribution in [0.4, 0.5) is 0 Å². The molecule has 1 amide bonds. The lowest BCUT2D eigenvalue weighted by Gasteiger charge is -2.31. The molecule has 1 fully saturated rings. The molecule has 1 atom stereocenters. The molecule has 1 saturated heterocycles. The lowest BCUT2D eigenvalue weighted by molar-refractivity contribution is -0.122. The monoisotopic (exact) mass is 389 g/mol. The van der Waals surface area contributed by atoms with Gasteiger partial charge in [-0.05, 0) is 24.8 Å². The van der Waals surface area contributed by atoms with Gasteiger partial charge >= 0.3 is 0 Å². The minimum Gasteiger partial charge on any atom is -0.353 e. The molecule has 1 aliphatic heterocycles. The van der Waals surface area contributed by atoms with E-state index in [-0.39, 0.29) is 42.6 Å². The van der Waals surface area contributed by atoms with Gasteiger partial charge in [-0.2, -0.15) is 0 Å². The van der Waals surface area contributed by atoms with Crippen molar-refractivity contribution >= 4 is 28.3 Å². The highest BCUT2D eigenvalue weighted by molar-refractivity contribution is 7.89. The number of halogens is 1. The number of carbonyl (C=O) groups excluding carboxylic acids is 1. The fraction of sp³-hybridized carbons (Fsp3) is 0.588. The fourth-order valence-electron chi connectivity index (χ4n) is 2.97. The Bertz CT molecular complexity index is 632. The summed E-state index contributed by atoms with van der Waals surface area (Å²) in [6.07, 6.45) is 2.15. The van der Waals surface area contributed by atoms with Crippen molar-refractivity contribution in [3.05, 3.63) is 35.9 Å². The average molecular weight is 390 g/mol. The van der Waals surface area contributed by atoms with E-state index in [1.807, 2.05) is 37.3 Å². The number of piperidine rings is 1. The van der Waals surface area contributed by atoms with Gasteiger partial charge in [-0.3, -0.25) is 4.79 Å². The van der Waals surface area contributed by atoms with Crippen molar-refractivity contribution in [2.24, 2.45) is 5.73 Å². The molecule has 25 heavy (non-hydrogen) atoms. The fourth-order valence-corrected chi connectivity index (χ4v) is 4.51. The molecular formula is C17H28ClN3O3S. The first-order valence-corrected chi connectivity index (χ1v) is 10.1. The quantitative estimate of drug-likeness (QED) is 0.743. The maximum absolute atomic E-state index is 12.2. The third-order valence-corrected chi connectivity index (χ3v) is 6.38. The molecule has 3 N–H and O–H groups in total. The van der Waals surface area contributed by atoms with E-state index in [4.69, 9.17) is 5.73 Å². The SMILES string of the molecule is CCCS(=O)(=O)N1CCC(NC(=O)CC(N)c2ccccc2)CC1.Cl. The molecule has 0 aromatic heterocycles. The van der Waals surface area contributed by atoms with Crippen molar-refractivity contribution in [3.63, 3.8) is 0 Å². The largest absolute Gasteiger partial charge is 0.353 e. The molecule has 142 valence electrons. The summed E-state index contributed by atoms with van der Waals surface area (Å²) in [6, 6.07) is 9.24. The summed E-state index contributed by atoms with van der Waals surface area (Å²) >= 11 is 0. The molecule has 0 aliphatic carbocycles. The van der Waals surface area contributed by atoms with Crippen LogP contribution < -0.4 is 11.1 Å². The number of rotatable bonds is 7. The Morgan fingerprint density at radius 3 is 2.44 bits per heavy atom. The van der Waals surface area contributed by atoms with Crippen LogP contribution in [0.5, 0.6) is 0 Å². The van der Waals surface area contributed by atoms with Gasteiger partial charge in [0.05, 0.1) is 5.75 Å². The van der Waals surface area contributed by atoms with Gasteiger partial charge in [-0.1, -0.05) is 37.3 Å². The minimum absolute atomic E-state index is 0. The van der Waals surface area contributed by atoms with Crippen LogP contribution in [0, 0.1) is 0 Å². The maximum Gasteiger partial charge on any atom is 0.222 e. The lowest BCUT2D eigenvalue weighted by Crippen LogP contribution is -2.47. The Morgan fingerprint density at radius 1 is 1.28 bits per heavy atom. The molecule has 1 aromatic rings. The van der Waals surface area contributed by atoms with Crippen molar-refractivity contribution in [1.29, 1.82) is 0 Å². The molecule has 1 heterocycles. The first-order valence-electron chi connectivity index (χ1n) is 8.50. The van der Waals surface area contributed by atoms with Gasteiger partial charge in [0.1, 0.15) is 0 Å². The van der Waals surface area contributed by atoms with E-state index in [1.54, 1.807) is 0 Å². The van der Waals surface area contributed by atoms with Crippen molar-refractivity contribution < 1.29 is 13.2 Å². The van der Waals surface area contributed by atoms with Gasteiger partial charge in [-0.15, -0.1) is 12.4 Å². The van der Waals surface area contributed by atoms with Crippen LogP contribution in [0.2, 0.25) is 0 Å². The Morgan fingerprint density at radius 2 is 1.88 bits per heavy atom. The van der Waals surface area contributed by atoms with Crippen LogP contribution >= 0.6 is 12.4 Å². The summed E-state index contributed by atoms with van der Waals surface area (Å²) in [6.45, 7) is 2.80. The smallest absolute Gasteiger partial charge is 0.222 e. The van der Waals surface area contributed by atoms with E-state index in [2.05, 4.69) is 5.32 Å².